The summed E-state index contributed by atoms with van der Waals surface area (Å²) < 4.78 is 31.3. The molecule has 0 aliphatic carbocycles. The van der Waals surface area contributed by atoms with E-state index in [0.717, 1.165) is 0 Å². The summed E-state index contributed by atoms with van der Waals surface area (Å²) in [6.07, 6.45) is 0. The van der Waals surface area contributed by atoms with Gasteiger partial charge in [-0.05, 0) is 12.1 Å². The van der Waals surface area contributed by atoms with Gasteiger partial charge in [0.05, 0.1) is 10.7 Å². The maximum absolute atomic E-state index is 11.1. The van der Waals surface area contributed by atoms with Gasteiger partial charge in [0.1, 0.15) is 4.90 Å². The molecule has 0 unspecified atom stereocenters. The Morgan fingerprint density at radius 3 is 2.44 bits per heavy atom. The first-order valence-corrected chi connectivity index (χ1v) is 6.17. The largest absolute Gasteiger partial charge is 0.398 e. The Bertz CT molecular complexity index is 667. The Kier molecular flexibility index (Phi) is 2.53. The topological polar surface area (TPSA) is 80.4 Å². The standard InChI is InChI=1S/C10H8ClNO3S/c11-10-7-2-1-3-9(16(13,14)15)6(7)4-5-8(10)12/h1-5H,12H2,(H,13,14,15). The van der Waals surface area contributed by atoms with E-state index in [-0.39, 0.29) is 9.92 Å². The van der Waals surface area contributed by atoms with Crippen LogP contribution in [0.4, 0.5) is 5.69 Å². The van der Waals surface area contributed by atoms with Gasteiger partial charge in [0, 0.05) is 10.8 Å². The fraction of sp³-hybridized carbons (Fsp3) is 0. The van der Waals surface area contributed by atoms with E-state index in [2.05, 4.69) is 0 Å². The highest BCUT2D eigenvalue weighted by molar-refractivity contribution is 7.86. The van der Waals surface area contributed by atoms with Crippen molar-refractivity contribution in [3.05, 3.63) is 35.4 Å². The molecule has 16 heavy (non-hydrogen) atoms. The van der Waals surface area contributed by atoms with Crippen LogP contribution in [0.5, 0.6) is 0 Å². The van der Waals surface area contributed by atoms with E-state index in [1.165, 1.54) is 24.3 Å². The summed E-state index contributed by atoms with van der Waals surface area (Å²) in [4.78, 5) is -0.174. The van der Waals surface area contributed by atoms with Crippen LogP contribution in [-0.4, -0.2) is 13.0 Å². The molecule has 0 fully saturated rings. The molecule has 2 aromatic rings. The smallest absolute Gasteiger partial charge is 0.295 e. The Labute approximate surface area is 97.4 Å². The molecule has 0 spiro atoms. The van der Waals surface area contributed by atoms with E-state index in [4.69, 9.17) is 21.9 Å². The van der Waals surface area contributed by atoms with Crippen molar-refractivity contribution in [2.45, 2.75) is 4.90 Å². The third-order valence-corrected chi connectivity index (χ3v) is 3.60. The molecule has 0 heterocycles. The average molecular weight is 258 g/mol. The van der Waals surface area contributed by atoms with Gasteiger partial charge in [-0.2, -0.15) is 8.42 Å². The number of nitrogens with two attached hydrogens (primary N) is 1. The fourth-order valence-electron chi connectivity index (χ4n) is 1.53. The first kappa shape index (κ1) is 11.2. The molecule has 0 atom stereocenters. The van der Waals surface area contributed by atoms with Gasteiger partial charge < -0.3 is 5.73 Å². The van der Waals surface area contributed by atoms with E-state index in [1.807, 2.05) is 0 Å². The van der Waals surface area contributed by atoms with Gasteiger partial charge in [0.2, 0.25) is 0 Å². The molecule has 6 heteroatoms. The number of hydrogen-bond donors (Lipinski definition) is 2. The predicted molar refractivity (Wildman–Crippen MR) is 63.2 cm³/mol. The Balaban J connectivity index is 2.96. The molecule has 0 aliphatic rings. The Morgan fingerprint density at radius 2 is 1.81 bits per heavy atom. The minimum atomic E-state index is -4.26. The molecule has 0 bridgehead atoms. The van der Waals surface area contributed by atoms with Crippen LogP contribution in [0.15, 0.2) is 35.2 Å². The molecule has 0 amide bonds. The summed E-state index contributed by atoms with van der Waals surface area (Å²) in [5.41, 5.74) is 5.96. The third kappa shape index (κ3) is 1.73. The van der Waals surface area contributed by atoms with Gasteiger partial charge >= 0.3 is 0 Å². The number of hydrogen-bond acceptors (Lipinski definition) is 3. The maximum Gasteiger partial charge on any atom is 0.295 e. The van der Waals surface area contributed by atoms with Crippen LogP contribution in [0.2, 0.25) is 5.02 Å². The molecule has 0 radical (unpaired) electrons. The molecule has 2 aromatic carbocycles. The molecular weight excluding hydrogens is 250 g/mol. The number of halogens is 1. The average Bonchev–Trinajstić information content (AvgIpc) is 2.21. The van der Waals surface area contributed by atoms with Crippen molar-refractivity contribution in [3.63, 3.8) is 0 Å². The molecule has 2 rings (SSSR count). The zero-order valence-corrected chi connectivity index (χ0v) is 9.59. The Morgan fingerprint density at radius 1 is 1.12 bits per heavy atom. The van der Waals surface area contributed by atoms with Crippen molar-refractivity contribution < 1.29 is 13.0 Å². The quantitative estimate of drug-likeness (QED) is 0.607. The highest BCUT2D eigenvalue weighted by Gasteiger charge is 2.15. The predicted octanol–water partition coefficient (Wildman–Crippen LogP) is 2.32. The molecule has 0 aromatic heterocycles. The molecule has 0 saturated carbocycles. The van der Waals surface area contributed by atoms with Gasteiger partial charge in [-0.25, -0.2) is 0 Å². The van der Waals surface area contributed by atoms with Gasteiger partial charge in [-0.3, -0.25) is 4.55 Å². The van der Waals surface area contributed by atoms with E-state index >= 15 is 0 Å². The number of fused-ring (bicyclic) bond motifs is 1. The fourth-order valence-corrected chi connectivity index (χ4v) is 2.47. The van der Waals surface area contributed by atoms with Crippen LogP contribution in [0.1, 0.15) is 0 Å². The van der Waals surface area contributed by atoms with E-state index < -0.39 is 10.1 Å². The first-order valence-electron chi connectivity index (χ1n) is 4.35. The molecule has 0 saturated heterocycles. The third-order valence-electron chi connectivity index (χ3n) is 2.26. The highest BCUT2D eigenvalue weighted by Crippen LogP contribution is 2.32. The second-order valence-electron chi connectivity index (χ2n) is 3.30. The van der Waals surface area contributed by atoms with Crippen molar-refractivity contribution in [2.24, 2.45) is 0 Å². The maximum atomic E-state index is 11.1. The van der Waals surface area contributed by atoms with Crippen LogP contribution in [0.25, 0.3) is 10.8 Å². The normalized spacial score (nSPS) is 11.9. The second kappa shape index (κ2) is 3.62. The minimum Gasteiger partial charge on any atom is -0.398 e. The lowest BCUT2D eigenvalue weighted by Crippen LogP contribution is -1.99. The van der Waals surface area contributed by atoms with E-state index in [0.29, 0.717) is 16.5 Å². The highest BCUT2D eigenvalue weighted by atomic mass is 35.5. The lowest BCUT2D eigenvalue weighted by Gasteiger charge is -2.06. The van der Waals surface area contributed by atoms with Crippen LogP contribution in [-0.2, 0) is 10.1 Å². The zero-order valence-electron chi connectivity index (χ0n) is 8.01. The lowest BCUT2D eigenvalue weighted by molar-refractivity contribution is 0.484. The van der Waals surface area contributed by atoms with Gasteiger partial charge in [0.15, 0.2) is 0 Å². The summed E-state index contributed by atoms with van der Waals surface area (Å²) in [5.74, 6) is 0. The van der Waals surface area contributed by atoms with E-state index in [1.54, 1.807) is 6.07 Å². The summed E-state index contributed by atoms with van der Waals surface area (Å²) in [6, 6.07) is 7.46. The zero-order chi connectivity index (χ0) is 11.9. The number of benzene rings is 2. The van der Waals surface area contributed by atoms with Gasteiger partial charge in [-0.1, -0.05) is 29.8 Å². The molecule has 0 aliphatic heterocycles. The van der Waals surface area contributed by atoms with Crippen LogP contribution >= 0.6 is 11.6 Å². The monoisotopic (exact) mass is 257 g/mol. The van der Waals surface area contributed by atoms with Crippen molar-refractivity contribution in [1.29, 1.82) is 0 Å². The summed E-state index contributed by atoms with van der Waals surface area (Å²) >= 11 is 5.95. The Hall–Kier alpha value is -1.30. The van der Waals surface area contributed by atoms with Crippen molar-refractivity contribution in [1.82, 2.24) is 0 Å². The minimum absolute atomic E-state index is 0.174. The van der Waals surface area contributed by atoms with E-state index in [9.17, 15) is 8.42 Å². The van der Waals surface area contributed by atoms with Crippen LogP contribution in [0.3, 0.4) is 0 Å². The van der Waals surface area contributed by atoms with Gasteiger partial charge in [0.25, 0.3) is 10.1 Å². The van der Waals surface area contributed by atoms with Crippen molar-refractivity contribution in [3.8, 4) is 0 Å². The summed E-state index contributed by atoms with van der Waals surface area (Å²) in [5, 5.41) is 1.13. The lowest BCUT2D eigenvalue weighted by atomic mass is 10.1. The van der Waals surface area contributed by atoms with Crippen molar-refractivity contribution >= 4 is 38.2 Å². The number of rotatable bonds is 1. The van der Waals surface area contributed by atoms with Crippen LogP contribution < -0.4 is 5.73 Å². The summed E-state index contributed by atoms with van der Waals surface area (Å²) in [6.45, 7) is 0. The summed E-state index contributed by atoms with van der Waals surface area (Å²) in [7, 11) is -4.26. The van der Waals surface area contributed by atoms with Crippen molar-refractivity contribution in [2.75, 3.05) is 5.73 Å². The molecule has 3 N–H and O–H groups in total. The van der Waals surface area contributed by atoms with Crippen LogP contribution in [0, 0.1) is 0 Å². The molecule has 84 valence electrons. The molecular formula is C10H8ClNO3S. The SMILES string of the molecule is Nc1ccc2c(S(=O)(=O)O)cccc2c1Cl. The first-order chi connectivity index (χ1) is 7.41. The molecule has 4 nitrogen and oxygen atoms in total. The number of anilines is 1. The second-order valence-corrected chi connectivity index (χ2v) is 5.06. The van der Waals surface area contributed by atoms with Gasteiger partial charge in [-0.15, -0.1) is 0 Å². The number of nitrogen functional groups attached to an aromatic ring is 1.